The molecule has 1 aliphatic rings. The Bertz CT molecular complexity index is 673. The number of ether oxygens (including phenoxy) is 4. The maximum absolute atomic E-state index is 10.6. The maximum atomic E-state index is 10.6. The van der Waals surface area contributed by atoms with Crippen LogP contribution in [-0.2, 0) is 0 Å². The summed E-state index contributed by atoms with van der Waals surface area (Å²) in [5.74, 6) is 2.33. The lowest BCUT2D eigenvalue weighted by Gasteiger charge is -2.32. The van der Waals surface area contributed by atoms with Crippen molar-refractivity contribution in [2.24, 2.45) is 0 Å². The van der Waals surface area contributed by atoms with Gasteiger partial charge in [-0.1, -0.05) is 18.2 Å². The predicted molar refractivity (Wildman–Crippen MR) is 85.9 cm³/mol. The first-order valence-electron chi connectivity index (χ1n) is 7.39. The van der Waals surface area contributed by atoms with E-state index < -0.39 is 6.10 Å². The average molecular weight is 316 g/mol. The first-order chi connectivity index (χ1) is 11.2. The molecule has 0 unspecified atom stereocenters. The molecule has 1 aliphatic heterocycles. The molecule has 5 nitrogen and oxygen atoms in total. The quantitative estimate of drug-likeness (QED) is 0.939. The van der Waals surface area contributed by atoms with Crippen LogP contribution >= 0.6 is 0 Å². The Kier molecular flexibility index (Phi) is 4.30. The van der Waals surface area contributed by atoms with Gasteiger partial charge in [0.25, 0.3) is 0 Å². The summed E-state index contributed by atoms with van der Waals surface area (Å²) in [5, 5.41) is 10.6. The maximum Gasteiger partial charge on any atom is 0.130 e. The highest BCUT2D eigenvalue weighted by Gasteiger charge is 2.35. The summed E-state index contributed by atoms with van der Waals surface area (Å²) in [4.78, 5) is 0. The zero-order valence-corrected chi connectivity index (χ0v) is 13.4. The number of fused-ring (bicyclic) bond motifs is 1. The fourth-order valence-electron chi connectivity index (χ4n) is 3.03. The number of aliphatic hydroxyl groups is 1. The predicted octanol–water partition coefficient (Wildman–Crippen LogP) is 2.60. The molecular weight excluding hydrogens is 296 g/mol. The molecule has 0 aliphatic carbocycles. The molecule has 2 atom stereocenters. The van der Waals surface area contributed by atoms with Gasteiger partial charge in [0, 0.05) is 29.2 Å². The molecule has 1 heterocycles. The van der Waals surface area contributed by atoms with Crippen molar-refractivity contribution in [1.29, 1.82) is 0 Å². The minimum atomic E-state index is -0.693. The van der Waals surface area contributed by atoms with Crippen molar-refractivity contribution in [3.63, 3.8) is 0 Å². The van der Waals surface area contributed by atoms with E-state index in [0.29, 0.717) is 17.2 Å². The van der Waals surface area contributed by atoms with Gasteiger partial charge in [-0.3, -0.25) is 0 Å². The molecule has 0 bridgehead atoms. The van der Waals surface area contributed by atoms with Gasteiger partial charge in [0.1, 0.15) is 29.6 Å². The highest BCUT2D eigenvalue weighted by Crippen LogP contribution is 2.47. The number of rotatable bonds is 4. The molecule has 2 aromatic carbocycles. The fraction of sp³-hybridized carbons (Fsp3) is 0.333. The first-order valence-corrected chi connectivity index (χ1v) is 7.39. The lowest BCUT2D eigenvalue weighted by molar-refractivity contribution is 0.0756. The van der Waals surface area contributed by atoms with Gasteiger partial charge in [0.15, 0.2) is 0 Å². The summed E-state index contributed by atoms with van der Waals surface area (Å²) < 4.78 is 22.0. The minimum absolute atomic E-state index is 0.222. The van der Waals surface area contributed by atoms with E-state index in [9.17, 15) is 5.11 Å². The number of hydrogen-bond acceptors (Lipinski definition) is 5. The zero-order chi connectivity index (χ0) is 16.4. The Balaban J connectivity index is 2.21. The molecule has 122 valence electrons. The van der Waals surface area contributed by atoms with E-state index in [1.54, 1.807) is 33.5 Å². The fourth-order valence-corrected chi connectivity index (χ4v) is 3.03. The van der Waals surface area contributed by atoms with Crippen LogP contribution in [0, 0.1) is 0 Å². The van der Waals surface area contributed by atoms with E-state index in [-0.39, 0.29) is 12.5 Å². The summed E-state index contributed by atoms with van der Waals surface area (Å²) in [6.45, 7) is 0.222. The van der Waals surface area contributed by atoms with Gasteiger partial charge in [-0.15, -0.1) is 0 Å². The molecule has 3 rings (SSSR count). The molecule has 0 saturated heterocycles. The Morgan fingerprint density at radius 3 is 2.26 bits per heavy atom. The monoisotopic (exact) mass is 316 g/mol. The number of methoxy groups -OCH3 is 3. The highest BCUT2D eigenvalue weighted by molar-refractivity contribution is 5.58. The van der Waals surface area contributed by atoms with Gasteiger partial charge >= 0.3 is 0 Å². The van der Waals surface area contributed by atoms with Crippen LogP contribution in [0.4, 0.5) is 0 Å². The molecular formula is C18H20O5. The van der Waals surface area contributed by atoms with Gasteiger partial charge in [-0.05, 0) is 6.07 Å². The Labute approximate surface area is 135 Å². The molecule has 23 heavy (non-hydrogen) atoms. The third-order valence-electron chi connectivity index (χ3n) is 4.11. The first kappa shape index (κ1) is 15.5. The Morgan fingerprint density at radius 1 is 1.00 bits per heavy atom. The van der Waals surface area contributed by atoms with Gasteiger partial charge in [0.05, 0.1) is 27.4 Å². The van der Waals surface area contributed by atoms with Gasteiger partial charge in [-0.2, -0.15) is 0 Å². The van der Waals surface area contributed by atoms with Crippen molar-refractivity contribution >= 4 is 0 Å². The summed E-state index contributed by atoms with van der Waals surface area (Å²) in [5.41, 5.74) is 1.70. The van der Waals surface area contributed by atoms with E-state index in [2.05, 4.69) is 0 Å². The van der Waals surface area contributed by atoms with Crippen LogP contribution in [0.3, 0.4) is 0 Å². The molecule has 0 spiro atoms. The SMILES string of the molecule is COc1cc(OC)c([C@H]2c3ccccc3OC[C@H]2O)c(OC)c1. The van der Waals surface area contributed by atoms with Gasteiger partial charge in [-0.25, -0.2) is 0 Å². The summed E-state index contributed by atoms with van der Waals surface area (Å²) >= 11 is 0. The third-order valence-corrected chi connectivity index (χ3v) is 4.11. The normalized spacial score (nSPS) is 19.5. The highest BCUT2D eigenvalue weighted by atomic mass is 16.5. The van der Waals surface area contributed by atoms with Crippen molar-refractivity contribution in [3.8, 4) is 23.0 Å². The van der Waals surface area contributed by atoms with E-state index in [4.69, 9.17) is 18.9 Å². The van der Waals surface area contributed by atoms with Crippen molar-refractivity contribution in [2.45, 2.75) is 12.0 Å². The summed E-state index contributed by atoms with van der Waals surface area (Å²) in [6, 6.07) is 11.3. The third kappa shape index (κ3) is 2.68. The molecule has 5 heteroatoms. The van der Waals surface area contributed by atoms with Crippen molar-refractivity contribution in [1.82, 2.24) is 0 Å². The Morgan fingerprint density at radius 2 is 1.65 bits per heavy atom. The molecule has 0 amide bonds. The second-order valence-corrected chi connectivity index (χ2v) is 5.34. The lowest BCUT2D eigenvalue weighted by atomic mass is 9.83. The molecule has 1 N–H and O–H groups in total. The van der Waals surface area contributed by atoms with Crippen molar-refractivity contribution < 1.29 is 24.1 Å². The van der Waals surface area contributed by atoms with Crippen LogP contribution in [0.2, 0.25) is 0 Å². The number of aliphatic hydroxyl groups excluding tert-OH is 1. The molecule has 0 aromatic heterocycles. The minimum Gasteiger partial charge on any atom is -0.496 e. The number of para-hydroxylation sites is 1. The number of hydrogen-bond donors (Lipinski definition) is 1. The van der Waals surface area contributed by atoms with Gasteiger partial charge in [0.2, 0.25) is 0 Å². The second kappa shape index (κ2) is 6.38. The van der Waals surface area contributed by atoms with Crippen molar-refractivity contribution in [2.75, 3.05) is 27.9 Å². The van der Waals surface area contributed by atoms with Crippen LogP contribution in [0.5, 0.6) is 23.0 Å². The molecule has 0 fully saturated rings. The zero-order valence-electron chi connectivity index (χ0n) is 13.4. The van der Waals surface area contributed by atoms with E-state index in [1.165, 1.54) is 0 Å². The molecule has 2 aromatic rings. The smallest absolute Gasteiger partial charge is 0.130 e. The van der Waals surface area contributed by atoms with Crippen LogP contribution < -0.4 is 18.9 Å². The molecule has 0 radical (unpaired) electrons. The Hall–Kier alpha value is -2.40. The number of benzene rings is 2. The summed E-state index contributed by atoms with van der Waals surface area (Å²) in [6.07, 6.45) is -0.693. The standard InChI is InChI=1S/C18H20O5/c1-20-11-8-15(21-2)18(16(9-11)22-3)17-12-6-4-5-7-14(12)23-10-13(17)19/h4-9,13,17,19H,10H2,1-3H3/t13-,17+/m1/s1. The van der Waals surface area contributed by atoms with E-state index in [0.717, 1.165) is 16.9 Å². The topological polar surface area (TPSA) is 57.2 Å². The summed E-state index contributed by atoms with van der Waals surface area (Å²) in [7, 11) is 4.77. The second-order valence-electron chi connectivity index (χ2n) is 5.34. The molecule has 0 saturated carbocycles. The largest absolute Gasteiger partial charge is 0.496 e. The van der Waals surface area contributed by atoms with Crippen LogP contribution in [0.25, 0.3) is 0 Å². The van der Waals surface area contributed by atoms with Gasteiger partial charge < -0.3 is 24.1 Å². The van der Waals surface area contributed by atoms with E-state index in [1.807, 2.05) is 24.3 Å². The van der Waals surface area contributed by atoms with E-state index >= 15 is 0 Å². The van der Waals surface area contributed by atoms with Crippen molar-refractivity contribution in [3.05, 3.63) is 47.5 Å². The average Bonchev–Trinajstić information content (AvgIpc) is 2.60. The van der Waals surface area contributed by atoms with Crippen LogP contribution in [-0.4, -0.2) is 39.1 Å². The van der Waals surface area contributed by atoms with Crippen LogP contribution in [0.1, 0.15) is 17.0 Å². The van der Waals surface area contributed by atoms with Crippen LogP contribution in [0.15, 0.2) is 36.4 Å². The lowest BCUT2D eigenvalue weighted by Crippen LogP contribution is -2.31.